The SMILES string of the molecule is CCOC(=O)c1cn(C)nc1Nc1ccc(C(F)(F)F)cc1. The molecule has 0 fully saturated rings. The Labute approximate surface area is 124 Å². The van der Waals surface area contributed by atoms with Gasteiger partial charge in [0.05, 0.1) is 12.2 Å². The van der Waals surface area contributed by atoms with Gasteiger partial charge in [0, 0.05) is 18.9 Å². The lowest BCUT2D eigenvalue weighted by Gasteiger charge is -2.09. The van der Waals surface area contributed by atoms with E-state index in [0.29, 0.717) is 5.69 Å². The number of hydrogen-bond acceptors (Lipinski definition) is 4. The lowest BCUT2D eigenvalue weighted by atomic mass is 10.2. The van der Waals surface area contributed by atoms with Crippen LogP contribution in [0.15, 0.2) is 30.5 Å². The molecule has 0 aliphatic carbocycles. The topological polar surface area (TPSA) is 56.2 Å². The zero-order valence-electron chi connectivity index (χ0n) is 11.9. The molecule has 0 saturated carbocycles. The maximum atomic E-state index is 12.5. The van der Waals surface area contributed by atoms with Gasteiger partial charge in [-0.2, -0.15) is 18.3 Å². The third-order valence-corrected chi connectivity index (χ3v) is 2.80. The zero-order chi connectivity index (χ0) is 16.3. The van der Waals surface area contributed by atoms with Gasteiger partial charge in [0.2, 0.25) is 0 Å². The standard InChI is InChI=1S/C14H14F3N3O2/c1-3-22-13(21)11-8-20(2)19-12(11)18-10-6-4-9(5-7-10)14(15,16)17/h4-8H,3H2,1-2H3,(H,18,19). The molecule has 0 aliphatic rings. The van der Waals surface area contributed by atoms with Gasteiger partial charge in [-0.1, -0.05) is 0 Å². The van der Waals surface area contributed by atoms with Crippen molar-refractivity contribution in [1.29, 1.82) is 0 Å². The van der Waals surface area contributed by atoms with Crippen LogP contribution in [-0.2, 0) is 18.0 Å². The summed E-state index contributed by atoms with van der Waals surface area (Å²) in [5, 5.41) is 6.87. The van der Waals surface area contributed by atoms with Crippen LogP contribution in [0.3, 0.4) is 0 Å². The summed E-state index contributed by atoms with van der Waals surface area (Å²) in [6, 6.07) is 4.45. The highest BCUT2D eigenvalue weighted by Crippen LogP contribution is 2.30. The Balaban J connectivity index is 2.22. The lowest BCUT2D eigenvalue weighted by Crippen LogP contribution is -2.07. The number of ether oxygens (including phenoxy) is 1. The van der Waals surface area contributed by atoms with Crippen molar-refractivity contribution in [2.24, 2.45) is 7.05 Å². The maximum Gasteiger partial charge on any atom is 0.416 e. The van der Waals surface area contributed by atoms with E-state index in [4.69, 9.17) is 4.74 Å². The van der Waals surface area contributed by atoms with Crippen molar-refractivity contribution in [3.05, 3.63) is 41.6 Å². The quantitative estimate of drug-likeness (QED) is 0.879. The van der Waals surface area contributed by atoms with E-state index in [0.717, 1.165) is 12.1 Å². The lowest BCUT2D eigenvalue weighted by molar-refractivity contribution is -0.137. The third kappa shape index (κ3) is 3.57. The Kier molecular flexibility index (Phi) is 4.39. The summed E-state index contributed by atoms with van der Waals surface area (Å²) in [7, 11) is 1.63. The Morgan fingerprint density at radius 3 is 2.50 bits per heavy atom. The highest BCUT2D eigenvalue weighted by molar-refractivity contribution is 5.95. The summed E-state index contributed by atoms with van der Waals surface area (Å²) in [5.41, 5.74) is -0.147. The van der Waals surface area contributed by atoms with E-state index in [1.54, 1.807) is 14.0 Å². The molecule has 0 radical (unpaired) electrons. The van der Waals surface area contributed by atoms with Gasteiger partial charge in [-0.3, -0.25) is 4.68 Å². The Morgan fingerprint density at radius 2 is 1.95 bits per heavy atom. The van der Waals surface area contributed by atoms with Crippen molar-refractivity contribution in [2.75, 3.05) is 11.9 Å². The molecule has 0 spiro atoms. The molecule has 1 aromatic carbocycles. The molecule has 22 heavy (non-hydrogen) atoms. The second-order valence-corrected chi connectivity index (χ2v) is 4.49. The molecule has 2 aromatic rings. The smallest absolute Gasteiger partial charge is 0.416 e. The first-order chi connectivity index (χ1) is 10.3. The number of hydrogen-bond donors (Lipinski definition) is 1. The van der Waals surface area contributed by atoms with Crippen molar-refractivity contribution in [2.45, 2.75) is 13.1 Å². The predicted octanol–water partition coefficient (Wildman–Crippen LogP) is 3.36. The minimum atomic E-state index is -4.39. The molecule has 0 unspecified atom stereocenters. The molecule has 0 amide bonds. The van der Waals surface area contributed by atoms with Crippen molar-refractivity contribution < 1.29 is 22.7 Å². The van der Waals surface area contributed by atoms with Crippen molar-refractivity contribution >= 4 is 17.5 Å². The van der Waals surface area contributed by atoms with E-state index < -0.39 is 17.7 Å². The number of esters is 1. The summed E-state index contributed by atoms with van der Waals surface area (Å²) >= 11 is 0. The van der Waals surface area contributed by atoms with Crippen LogP contribution >= 0.6 is 0 Å². The Bertz CT molecular complexity index is 663. The van der Waals surface area contributed by atoms with Gasteiger partial charge in [-0.05, 0) is 31.2 Å². The normalized spacial score (nSPS) is 11.3. The van der Waals surface area contributed by atoms with Crippen LogP contribution in [0.5, 0.6) is 0 Å². The van der Waals surface area contributed by atoms with E-state index in [1.165, 1.54) is 23.0 Å². The molecule has 118 valence electrons. The van der Waals surface area contributed by atoms with E-state index in [1.807, 2.05) is 0 Å². The van der Waals surface area contributed by atoms with Crippen LogP contribution in [0.25, 0.3) is 0 Å². The number of halogens is 3. The number of aryl methyl sites for hydroxylation is 1. The minimum Gasteiger partial charge on any atom is -0.462 e. The zero-order valence-corrected chi connectivity index (χ0v) is 11.9. The number of carbonyl (C=O) groups is 1. The van der Waals surface area contributed by atoms with Crippen LogP contribution < -0.4 is 5.32 Å². The van der Waals surface area contributed by atoms with E-state index in [9.17, 15) is 18.0 Å². The van der Waals surface area contributed by atoms with Crippen LogP contribution in [0.1, 0.15) is 22.8 Å². The van der Waals surface area contributed by atoms with E-state index >= 15 is 0 Å². The molecular weight excluding hydrogens is 299 g/mol. The number of anilines is 2. The second-order valence-electron chi connectivity index (χ2n) is 4.49. The molecule has 1 N–H and O–H groups in total. The number of rotatable bonds is 4. The van der Waals surface area contributed by atoms with Gasteiger partial charge in [-0.25, -0.2) is 4.79 Å². The monoisotopic (exact) mass is 313 g/mol. The number of nitrogens with one attached hydrogen (secondary N) is 1. The van der Waals surface area contributed by atoms with E-state index in [-0.39, 0.29) is 18.0 Å². The first kappa shape index (κ1) is 15.9. The van der Waals surface area contributed by atoms with Crippen molar-refractivity contribution in [3.8, 4) is 0 Å². The van der Waals surface area contributed by atoms with Crippen LogP contribution in [0, 0.1) is 0 Å². The van der Waals surface area contributed by atoms with Gasteiger partial charge in [0.25, 0.3) is 0 Å². The van der Waals surface area contributed by atoms with Gasteiger partial charge in [-0.15, -0.1) is 0 Å². The fourth-order valence-electron chi connectivity index (χ4n) is 1.82. The van der Waals surface area contributed by atoms with Gasteiger partial charge in [0.1, 0.15) is 5.56 Å². The van der Waals surface area contributed by atoms with Crippen LogP contribution in [0.4, 0.5) is 24.7 Å². The molecule has 0 atom stereocenters. The largest absolute Gasteiger partial charge is 0.462 e. The molecule has 8 heteroatoms. The fourth-order valence-corrected chi connectivity index (χ4v) is 1.82. The maximum absolute atomic E-state index is 12.5. The number of benzene rings is 1. The van der Waals surface area contributed by atoms with E-state index in [2.05, 4.69) is 10.4 Å². The number of aromatic nitrogens is 2. The predicted molar refractivity (Wildman–Crippen MR) is 73.9 cm³/mol. The van der Waals surface area contributed by atoms with Gasteiger partial charge < -0.3 is 10.1 Å². The Hall–Kier alpha value is -2.51. The molecule has 0 bridgehead atoms. The molecule has 0 saturated heterocycles. The molecule has 2 rings (SSSR count). The molecular formula is C14H14F3N3O2. The van der Waals surface area contributed by atoms with Crippen LogP contribution in [-0.4, -0.2) is 22.4 Å². The number of nitrogens with zero attached hydrogens (tertiary/aromatic N) is 2. The minimum absolute atomic E-state index is 0.212. The summed E-state index contributed by atoms with van der Waals surface area (Å²) in [6.07, 6.45) is -2.91. The second kappa shape index (κ2) is 6.08. The Morgan fingerprint density at radius 1 is 1.32 bits per heavy atom. The summed E-state index contributed by atoms with van der Waals surface area (Å²) in [6.45, 7) is 1.89. The summed E-state index contributed by atoms with van der Waals surface area (Å²) in [4.78, 5) is 11.8. The van der Waals surface area contributed by atoms with Crippen molar-refractivity contribution in [3.63, 3.8) is 0 Å². The molecule has 5 nitrogen and oxygen atoms in total. The fraction of sp³-hybridized carbons (Fsp3) is 0.286. The van der Waals surface area contributed by atoms with Gasteiger partial charge in [0.15, 0.2) is 5.82 Å². The van der Waals surface area contributed by atoms with Crippen LogP contribution in [0.2, 0.25) is 0 Å². The summed E-state index contributed by atoms with van der Waals surface area (Å²) < 4.78 is 43.8. The summed E-state index contributed by atoms with van der Waals surface area (Å²) in [5.74, 6) is -0.328. The average molecular weight is 313 g/mol. The van der Waals surface area contributed by atoms with Gasteiger partial charge >= 0.3 is 12.1 Å². The molecule has 0 aliphatic heterocycles. The first-order valence-corrected chi connectivity index (χ1v) is 6.46. The highest BCUT2D eigenvalue weighted by Gasteiger charge is 2.30. The molecule has 1 heterocycles. The highest BCUT2D eigenvalue weighted by atomic mass is 19.4. The molecule has 1 aromatic heterocycles. The first-order valence-electron chi connectivity index (χ1n) is 6.46. The third-order valence-electron chi connectivity index (χ3n) is 2.80. The number of carbonyl (C=O) groups excluding carboxylic acids is 1. The van der Waals surface area contributed by atoms with Crippen molar-refractivity contribution in [1.82, 2.24) is 9.78 Å². The average Bonchev–Trinajstić information content (AvgIpc) is 2.79. The number of alkyl halides is 3.